The van der Waals surface area contributed by atoms with Gasteiger partial charge in [0.2, 0.25) is 0 Å². The summed E-state index contributed by atoms with van der Waals surface area (Å²) in [5.74, 6) is -2.78. The van der Waals surface area contributed by atoms with Crippen molar-refractivity contribution in [2.45, 2.75) is 12.2 Å². The van der Waals surface area contributed by atoms with Crippen LogP contribution < -0.4 is 5.73 Å². The Morgan fingerprint density at radius 2 is 1.33 bits per heavy atom. The van der Waals surface area contributed by atoms with Crippen molar-refractivity contribution < 1.29 is 26.3 Å². The van der Waals surface area contributed by atoms with E-state index in [0.29, 0.717) is 18.2 Å². The standard InChI is InChI=1S/C14H9F6N/c15-8-2-4-12(17)10(6-8)13(21)9-5-7(14(18,19)20)1-3-11(9)16/h1-6,13H,21H2. The predicted molar refractivity (Wildman–Crippen MR) is 63.8 cm³/mol. The minimum absolute atomic E-state index is 0.423. The molecule has 0 saturated heterocycles. The monoisotopic (exact) mass is 305 g/mol. The van der Waals surface area contributed by atoms with Gasteiger partial charge >= 0.3 is 6.18 Å². The van der Waals surface area contributed by atoms with Crippen LogP contribution >= 0.6 is 0 Å². The Morgan fingerprint density at radius 3 is 1.90 bits per heavy atom. The van der Waals surface area contributed by atoms with Gasteiger partial charge in [0.15, 0.2) is 0 Å². The Hall–Kier alpha value is -2.02. The van der Waals surface area contributed by atoms with Gasteiger partial charge in [0.25, 0.3) is 0 Å². The summed E-state index contributed by atoms with van der Waals surface area (Å²) >= 11 is 0. The van der Waals surface area contributed by atoms with Crippen molar-refractivity contribution in [1.82, 2.24) is 0 Å². The van der Waals surface area contributed by atoms with Crippen LogP contribution in [0.2, 0.25) is 0 Å². The van der Waals surface area contributed by atoms with Gasteiger partial charge in [-0.1, -0.05) is 0 Å². The summed E-state index contributed by atoms with van der Waals surface area (Å²) < 4.78 is 78.2. The molecule has 1 atom stereocenters. The van der Waals surface area contributed by atoms with Crippen molar-refractivity contribution in [3.8, 4) is 0 Å². The topological polar surface area (TPSA) is 26.0 Å². The number of halogens is 6. The summed E-state index contributed by atoms with van der Waals surface area (Å²) in [5, 5.41) is 0. The molecule has 0 amide bonds. The van der Waals surface area contributed by atoms with Gasteiger partial charge < -0.3 is 5.73 Å². The lowest BCUT2D eigenvalue weighted by atomic mass is 9.96. The van der Waals surface area contributed by atoms with E-state index in [2.05, 4.69) is 0 Å². The van der Waals surface area contributed by atoms with Crippen molar-refractivity contribution in [1.29, 1.82) is 0 Å². The van der Waals surface area contributed by atoms with Gasteiger partial charge in [-0.05, 0) is 36.4 Å². The Morgan fingerprint density at radius 1 is 0.810 bits per heavy atom. The first-order valence-corrected chi connectivity index (χ1v) is 5.77. The van der Waals surface area contributed by atoms with Crippen LogP contribution in [-0.4, -0.2) is 0 Å². The van der Waals surface area contributed by atoms with E-state index in [1.807, 2.05) is 0 Å². The molecule has 2 rings (SSSR count). The average Bonchev–Trinajstić information content (AvgIpc) is 2.40. The van der Waals surface area contributed by atoms with E-state index in [1.54, 1.807) is 0 Å². The number of nitrogens with two attached hydrogens (primary N) is 1. The van der Waals surface area contributed by atoms with E-state index in [1.165, 1.54) is 0 Å². The third kappa shape index (κ3) is 3.18. The minimum atomic E-state index is -4.69. The summed E-state index contributed by atoms with van der Waals surface area (Å²) in [6.07, 6.45) is -4.69. The second kappa shape index (κ2) is 5.40. The molecular weight excluding hydrogens is 296 g/mol. The Bertz CT molecular complexity index is 665. The van der Waals surface area contributed by atoms with Crippen molar-refractivity contribution in [2.75, 3.05) is 0 Å². The number of hydrogen-bond donors (Lipinski definition) is 1. The van der Waals surface area contributed by atoms with Crippen molar-refractivity contribution in [2.24, 2.45) is 5.73 Å². The molecule has 112 valence electrons. The Labute approximate surface area is 116 Å². The predicted octanol–water partition coefficient (Wildman–Crippen LogP) is 4.17. The number of benzene rings is 2. The van der Waals surface area contributed by atoms with Crippen LogP contribution in [0.1, 0.15) is 22.7 Å². The molecule has 0 saturated carbocycles. The molecular formula is C14H9F6N. The van der Waals surface area contributed by atoms with Crippen molar-refractivity contribution in [3.63, 3.8) is 0 Å². The first-order chi connectivity index (χ1) is 9.70. The van der Waals surface area contributed by atoms with E-state index >= 15 is 0 Å². The van der Waals surface area contributed by atoms with Gasteiger partial charge in [0.05, 0.1) is 11.6 Å². The highest BCUT2D eigenvalue weighted by atomic mass is 19.4. The van der Waals surface area contributed by atoms with Crippen LogP contribution in [0.25, 0.3) is 0 Å². The van der Waals surface area contributed by atoms with Gasteiger partial charge in [0.1, 0.15) is 17.5 Å². The number of rotatable bonds is 2. The first-order valence-electron chi connectivity index (χ1n) is 5.77. The zero-order chi connectivity index (χ0) is 15.8. The lowest BCUT2D eigenvalue weighted by Gasteiger charge is -2.16. The van der Waals surface area contributed by atoms with Gasteiger partial charge in [0, 0.05) is 11.1 Å². The molecule has 0 aromatic heterocycles. The highest BCUT2D eigenvalue weighted by Crippen LogP contribution is 2.33. The number of hydrogen-bond acceptors (Lipinski definition) is 1. The number of alkyl halides is 3. The molecule has 21 heavy (non-hydrogen) atoms. The molecule has 7 heteroatoms. The summed E-state index contributed by atoms with van der Waals surface area (Å²) in [4.78, 5) is 0. The first kappa shape index (κ1) is 15.4. The zero-order valence-electron chi connectivity index (χ0n) is 10.4. The van der Waals surface area contributed by atoms with E-state index in [4.69, 9.17) is 5.73 Å². The molecule has 0 aliphatic rings. The second-order valence-electron chi connectivity index (χ2n) is 4.38. The van der Waals surface area contributed by atoms with Crippen LogP contribution in [0, 0.1) is 17.5 Å². The maximum absolute atomic E-state index is 13.7. The maximum Gasteiger partial charge on any atom is 0.416 e. The van der Waals surface area contributed by atoms with Gasteiger partial charge in [-0.15, -0.1) is 0 Å². The third-order valence-electron chi connectivity index (χ3n) is 2.95. The van der Waals surface area contributed by atoms with E-state index < -0.39 is 46.4 Å². The molecule has 0 radical (unpaired) electrons. The molecule has 2 aromatic rings. The van der Waals surface area contributed by atoms with E-state index in [-0.39, 0.29) is 0 Å². The molecule has 0 spiro atoms. The second-order valence-corrected chi connectivity index (χ2v) is 4.38. The fraction of sp³-hybridized carbons (Fsp3) is 0.143. The van der Waals surface area contributed by atoms with E-state index in [9.17, 15) is 26.3 Å². The molecule has 2 aromatic carbocycles. The molecule has 0 fully saturated rings. The minimum Gasteiger partial charge on any atom is -0.320 e. The summed E-state index contributed by atoms with van der Waals surface area (Å²) in [6, 6.07) is 2.40. The molecule has 0 aliphatic heterocycles. The van der Waals surface area contributed by atoms with Crippen LogP contribution in [0.5, 0.6) is 0 Å². The van der Waals surface area contributed by atoms with Crippen LogP contribution in [-0.2, 0) is 6.18 Å². The van der Waals surface area contributed by atoms with Crippen LogP contribution in [0.15, 0.2) is 36.4 Å². The lowest BCUT2D eigenvalue weighted by Crippen LogP contribution is -2.17. The summed E-state index contributed by atoms with van der Waals surface area (Å²) in [6.45, 7) is 0. The molecule has 0 heterocycles. The molecule has 1 unspecified atom stereocenters. The van der Waals surface area contributed by atoms with Crippen molar-refractivity contribution in [3.05, 3.63) is 70.5 Å². The molecule has 0 bridgehead atoms. The van der Waals surface area contributed by atoms with Crippen molar-refractivity contribution >= 4 is 0 Å². The van der Waals surface area contributed by atoms with Crippen LogP contribution in [0.4, 0.5) is 26.3 Å². The smallest absolute Gasteiger partial charge is 0.320 e. The maximum atomic E-state index is 13.7. The fourth-order valence-corrected chi connectivity index (χ4v) is 1.88. The fourth-order valence-electron chi connectivity index (χ4n) is 1.88. The zero-order valence-corrected chi connectivity index (χ0v) is 10.4. The average molecular weight is 305 g/mol. The summed E-state index contributed by atoms with van der Waals surface area (Å²) in [7, 11) is 0. The molecule has 0 aliphatic carbocycles. The highest BCUT2D eigenvalue weighted by molar-refractivity contribution is 5.36. The molecule has 1 nitrogen and oxygen atoms in total. The SMILES string of the molecule is NC(c1cc(F)ccc1F)c1cc(C(F)(F)F)ccc1F. The third-order valence-corrected chi connectivity index (χ3v) is 2.95. The van der Waals surface area contributed by atoms with Gasteiger partial charge in [-0.2, -0.15) is 13.2 Å². The van der Waals surface area contributed by atoms with Crippen LogP contribution in [0.3, 0.4) is 0 Å². The van der Waals surface area contributed by atoms with E-state index in [0.717, 1.165) is 18.2 Å². The summed E-state index contributed by atoms with van der Waals surface area (Å²) in [5.41, 5.74) is 3.48. The Kier molecular flexibility index (Phi) is 3.95. The normalized spacial score (nSPS) is 13.3. The highest BCUT2D eigenvalue weighted by Gasteiger charge is 2.32. The quantitative estimate of drug-likeness (QED) is 0.828. The van der Waals surface area contributed by atoms with Gasteiger partial charge in [-0.3, -0.25) is 0 Å². The molecule has 2 N–H and O–H groups in total. The largest absolute Gasteiger partial charge is 0.416 e. The van der Waals surface area contributed by atoms with Gasteiger partial charge in [-0.25, -0.2) is 13.2 Å². The Balaban J connectivity index is 2.52. The lowest BCUT2D eigenvalue weighted by molar-refractivity contribution is -0.137.